The smallest absolute Gasteiger partial charge is 0.223 e. The van der Waals surface area contributed by atoms with Gasteiger partial charge in [-0.25, -0.2) is 4.39 Å². The summed E-state index contributed by atoms with van der Waals surface area (Å²) >= 11 is 1.60. The second kappa shape index (κ2) is 7.48. The van der Waals surface area contributed by atoms with Gasteiger partial charge in [-0.2, -0.15) is 0 Å². The molecule has 3 rings (SSSR count). The van der Waals surface area contributed by atoms with Crippen molar-refractivity contribution in [3.8, 4) is 0 Å². The first-order valence-electron chi connectivity index (χ1n) is 8.59. The van der Waals surface area contributed by atoms with E-state index in [-0.39, 0.29) is 42.9 Å². The predicted molar refractivity (Wildman–Crippen MR) is 97.3 cm³/mol. The van der Waals surface area contributed by atoms with Crippen LogP contribution in [0.4, 0.5) is 4.39 Å². The summed E-state index contributed by atoms with van der Waals surface area (Å²) in [5.41, 5.74) is 1.25. The molecule has 3 nitrogen and oxygen atoms in total. The zero-order valence-electron chi connectivity index (χ0n) is 14.5. The largest absolute Gasteiger partial charge is 0.335 e. The lowest BCUT2D eigenvalue weighted by molar-refractivity contribution is -0.132. The summed E-state index contributed by atoms with van der Waals surface area (Å²) in [6.07, 6.45) is 2.29. The predicted octanol–water partition coefficient (Wildman–Crippen LogP) is 4.66. The van der Waals surface area contributed by atoms with E-state index in [1.165, 1.54) is 6.07 Å². The first-order valence-corrected chi connectivity index (χ1v) is 9.40. The highest BCUT2D eigenvalue weighted by atomic mass is 32.1. The van der Waals surface area contributed by atoms with E-state index in [1.807, 2.05) is 19.9 Å². The summed E-state index contributed by atoms with van der Waals surface area (Å²) in [6.45, 7) is 4.19. The summed E-state index contributed by atoms with van der Waals surface area (Å²) in [5.74, 6) is -0.345. The molecule has 1 aliphatic carbocycles. The van der Waals surface area contributed by atoms with Gasteiger partial charge in [-0.1, -0.05) is 18.2 Å². The fourth-order valence-electron chi connectivity index (χ4n) is 3.02. The van der Waals surface area contributed by atoms with Gasteiger partial charge < -0.3 is 4.90 Å². The van der Waals surface area contributed by atoms with Gasteiger partial charge in [0.2, 0.25) is 5.91 Å². The molecular weight excluding hydrogens is 337 g/mol. The first kappa shape index (κ1) is 17.8. The molecule has 0 aliphatic heterocycles. The third-order valence-corrected chi connectivity index (χ3v) is 5.48. The zero-order chi connectivity index (χ0) is 18.0. The Balaban J connectivity index is 1.63. The number of aryl methyl sites for hydroxylation is 2. The van der Waals surface area contributed by atoms with Gasteiger partial charge in [-0.05, 0) is 38.8 Å². The van der Waals surface area contributed by atoms with Crippen LogP contribution in [0.5, 0.6) is 0 Å². The minimum absolute atomic E-state index is 0.0110. The molecule has 1 saturated carbocycles. The van der Waals surface area contributed by atoms with Crippen LogP contribution in [0.25, 0.3) is 0 Å². The number of halogens is 1. The van der Waals surface area contributed by atoms with Gasteiger partial charge >= 0.3 is 0 Å². The van der Waals surface area contributed by atoms with Crippen molar-refractivity contribution in [2.75, 3.05) is 0 Å². The van der Waals surface area contributed by atoms with Gasteiger partial charge in [0, 0.05) is 46.3 Å². The van der Waals surface area contributed by atoms with Crippen LogP contribution in [0.1, 0.15) is 51.4 Å². The number of thiophene rings is 1. The maximum absolute atomic E-state index is 13.9. The molecule has 1 heterocycles. The quantitative estimate of drug-likeness (QED) is 0.674. The second-order valence-corrected chi connectivity index (χ2v) is 8.05. The van der Waals surface area contributed by atoms with Crippen LogP contribution >= 0.6 is 11.3 Å². The van der Waals surface area contributed by atoms with Gasteiger partial charge in [0.05, 0.1) is 0 Å². The molecule has 1 amide bonds. The molecule has 2 aromatic rings. The third kappa shape index (κ3) is 4.34. The highest BCUT2D eigenvalue weighted by Crippen LogP contribution is 2.30. The van der Waals surface area contributed by atoms with Gasteiger partial charge in [0.1, 0.15) is 5.82 Å². The molecule has 0 N–H and O–H groups in total. The molecular formula is C20H22FNO2S. The number of amides is 1. The molecule has 1 aromatic heterocycles. The van der Waals surface area contributed by atoms with Crippen LogP contribution in [0, 0.1) is 19.7 Å². The molecule has 0 radical (unpaired) electrons. The molecule has 0 atom stereocenters. The Kier molecular flexibility index (Phi) is 5.33. The van der Waals surface area contributed by atoms with E-state index < -0.39 is 0 Å². The molecule has 0 saturated heterocycles. The molecule has 25 heavy (non-hydrogen) atoms. The van der Waals surface area contributed by atoms with Crippen LogP contribution in [0.15, 0.2) is 30.3 Å². The van der Waals surface area contributed by atoms with Crippen molar-refractivity contribution in [2.45, 2.75) is 52.1 Å². The highest BCUT2D eigenvalue weighted by molar-refractivity contribution is 7.12. The number of ketones is 1. The summed E-state index contributed by atoms with van der Waals surface area (Å²) in [6, 6.07) is 8.62. The van der Waals surface area contributed by atoms with Gasteiger partial charge in [-0.3, -0.25) is 9.59 Å². The van der Waals surface area contributed by atoms with Crippen LogP contribution in [-0.2, 0) is 11.3 Å². The zero-order valence-corrected chi connectivity index (χ0v) is 15.4. The Morgan fingerprint density at radius 3 is 2.52 bits per heavy atom. The first-order chi connectivity index (χ1) is 12.0. The number of hydrogen-bond acceptors (Lipinski definition) is 3. The van der Waals surface area contributed by atoms with Crippen molar-refractivity contribution < 1.29 is 14.0 Å². The average Bonchev–Trinajstić information content (AvgIpc) is 3.35. The number of rotatable bonds is 7. The lowest BCUT2D eigenvalue weighted by Gasteiger charge is -2.22. The number of Topliss-reactive ketones (excluding diaryl/α,β-unsaturated/α-hetero) is 1. The highest BCUT2D eigenvalue weighted by Gasteiger charge is 2.33. The monoisotopic (exact) mass is 359 g/mol. The van der Waals surface area contributed by atoms with E-state index in [2.05, 4.69) is 0 Å². The maximum Gasteiger partial charge on any atom is 0.223 e. The normalized spacial score (nSPS) is 13.7. The van der Waals surface area contributed by atoms with E-state index in [4.69, 9.17) is 0 Å². The van der Waals surface area contributed by atoms with Crippen LogP contribution < -0.4 is 0 Å². The lowest BCUT2D eigenvalue weighted by atomic mass is 10.1. The summed E-state index contributed by atoms with van der Waals surface area (Å²) < 4.78 is 13.9. The molecule has 132 valence electrons. The molecule has 1 aromatic carbocycles. The topological polar surface area (TPSA) is 37.4 Å². The Morgan fingerprint density at radius 1 is 1.20 bits per heavy atom. The van der Waals surface area contributed by atoms with E-state index >= 15 is 0 Å². The fourth-order valence-corrected chi connectivity index (χ4v) is 3.97. The van der Waals surface area contributed by atoms with Crippen molar-refractivity contribution in [1.29, 1.82) is 0 Å². The number of benzene rings is 1. The van der Waals surface area contributed by atoms with Crippen molar-refractivity contribution in [2.24, 2.45) is 0 Å². The van der Waals surface area contributed by atoms with Crippen LogP contribution in [0.3, 0.4) is 0 Å². The van der Waals surface area contributed by atoms with Crippen molar-refractivity contribution in [3.63, 3.8) is 0 Å². The van der Waals surface area contributed by atoms with Gasteiger partial charge in [-0.15, -0.1) is 11.3 Å². The van der Waals surface area contributed by atoms with Gasteiger partial charge in [0.15, 0.2) is 5.78 Å². The van der Waals surface area contributed by atoms with Crippen molar-refractivity contribution in [3.05, 3.63) is 57.0 Å². The van der Waals surface area contributed by atoms with E-state index in [9.17, 15) is 14.0 Å². The van der Waals surface area contributed by atoms with Crippen LogP contribution in [-0.4, -0.2) is 22.6 Å². The minimum atomic E-state index is -0.290. The molecule has 5 heteroatoms. The van der Waals surface area contributed by atoms with E-state index in [1.54, 1.807) is 34.4 Å². The van der Waals surface area contributed by atoms with Gasteiger partial charge in [0.25, 0.3) is 0 Å². The Hall–Kier alpha value is -2.01. The maximum atomic E-state index is 13.9. The Bertz CT molecular complexity index is 795. The standard InChI is InChI=1S/C20H22FNO2S/c1-13-11-17(14(2)25-13)19(23)9-10-20(24)22(16-7-8-16)12-15-5-3-4-6-18(15)21/h3-6,11,16H,7-10,12H2,1-2H3. The Labute approximate surface area is 151 Å². The number of carbonyl (C=O) groups excluding carboxylic acids is 2. The fraction of sp³-hybridized carbons (Fsp3) is 0.400. The summed E-state index contributed by atoms with van der Waals surface area (Å²) in [4.78, 5) is 28.8. The van der Waals surface area contributed by atoms with Crippen LogP contribution in [0.2, 0.25) is 0 Å². The molecule has 1 aliphatic rings. The Morgan fingerprint density at radius 2 is 1.92 bits per heavy atom. The summed E-state index contributed by atoms with van der Waals surface area (Å²) in [7, 11) is 0. The molecule has 0 bridgehead atoms. The second-order valence-electron chi connectivity index (χ2n) is 6.59. The molecule has 0 unspecified atom stereocenters. The van der Waals surface area contributed by atoms with Crippen molar-refractivity contribution >= 4 is 23.0 Å². The average molecular weight is 359 g/mol. The molecule has 0 spiro atoms. The van der Waals surface area contributed by atoms with E-state index in [0.29, 0.717) is 5.56 Å². The number of nitrogens with zero attached hydrogens (tertiary/aromatic N) is 1. The number of hydrogen-bond donors (Lipinski definition) is 0. The minimum Gasteiger partial charge on any atom is -0.335 e. The number of carbonyl (C=O) groups is 2. The van der Waals surface area contributed by atoms with Crippen molar-refractivity contribution in [1.82, 2.24) is 4.90 Å². The SMILES string of the molecule is Cc1cc(C(=O)CCC(=O)N(Cc2ccccc2F)C2CC2)c(C)s1. The molecule has 1 fully saturated rings. The lowest BCUT2D eigenvalue weighted by Crippen LogP contribution is -2.33. The van der Waals surface area contributed by atoms with E-state index in [0.717, 1.165) is 28.2 Å². The third-order valence-electron chi connectivity index (χ3n) is 4.51. The summed E-state index contributed by atoms with van der Waals surface area (Å²) in [5, 5.41) is 0.